The molecule has 1 amide bonds. The van der Waals surface area contributed by atoms with Crippen LogP contribution in [0.15, 0.2) is 46.0 Å². The van der Waals surface area contributed by atoms with Crippen molar-refractivity contribution in [3.05, 3.63) is 52.0 Å². The standard InChI is InChI=1S/C21H23BrN2O7S/c1-14-12-16(6-8-18(14)22)30-32(26,27)31-23-10-4-5-11-28-15-7-9-19-17(13-15)21(2,3)29-20(25)24-19/h6-10,12-13H,4-5,11H2,1-3H3,(H,24,25). The fourth-order valence-electron chi connectivity index (χ4n) is 2.95. The highest BCUT2D eigenvalue weighted by atomic mass is 79.9. The van der Waals surface area contributed by atoms with Gasteiger partial charge in [-0.05, 0) is 75.6 Å². The molecule has 0 bridgehead atoms. The Morgan fingerprint density at radius 2 is 1.94 bits per heavy atom. The van der Waals surface area contributed by atoms with Crippen LogP contribution in [0.1, 0.15) is 37.8 Å². The predicted octanol–water partition coefficient (Wildman–Crippen LogP) is 5.04. The van der Waals surface area contributed by atoms with E-state index < -0.39 is 22.1 Å². The molecule has 3 rings (SSSR count). The molecule has 1 aliphatic heterocycles. The van der Waals surface area contributed by atoms with Crippen molar-refractivity contribution in [3.8, 4) is 11.5 Å². The number of nitrogens with zero attached hydrogens (tertiary/aromatic N) is 1. The number of fused-ring (bicyclic) bond motifs is 1. The number of carbonyl (C=O) groups excluding carboxylic acids is 1. The van der Waals surface area contributed by atoms with Crippen LogP contribution in [0.3, 0.4) is 0 Å². The largest absolute Gasteiger partial charge is 0.521 e. The summed E-state index contributed by atoms with van der Waals surface area (Å²) in [6, 6.07) is 10.1. The number of nitrogens with one attached hydrogen (secondary N) is 1. The quantitative estimate of drug-likeness (QED) is 0.276. The second kappa shape index (κ2) is 9.78. The Labute approximate surface area is 195 Å². The highest BCUT2D eigenvalue weighted by molar-refractivity contribution is 9.10. The Kier molecular flexibility index (Phi) is 7.29. The zero-order valence-electron chi connectivity index (χ0n) is 17.8. The van der Waals surface area contributed by atoms with E-state index in [1.165, 1.54) is 12.3 Å². The Morgan fingerprint density at radius 3 is 2.69 bits per heavy atom. The van der Waals surface area contributed by atoms with Crippen LogP contribution in [0.2, 0.25) is 0 Å². The zero-order valence-corrected chi connectivity index (χ0v) is 20.2. The molecular weight excluding hydrogens is 504 g/mol. The van der Waals surface area contributed by atoms with E-state index in [1.54, 1.807) is 45.0 Å². The summed E-state index contributed by atoms with van der Waals surface area (Å²) in [5, 5.41) is 6.10. The summed E-state index contributed by atoms with van der Waals surface area (Å²) in [6.45, 7) is 5.79. The summed E-state index contributed by atoms with van der Waals surface area (Å²) < 4.78 is 44.8. The number of benzene rings is 2. The van der Waals surface area contributed by atoms with Crippen LogP contribution in [-0.4, -0.2) is 27.3 Å². The summed E-state index contributed by atoms with van der Waals surface area (Å²) in [6.07, 6.45) is 1.85. The van der Waals surface area contributed by atoms with E-state index in [0.717, 1.165) is 15.6 Å². The van der Waals surface area contributed by atoms with Gasteiger partial charge >= 0.3 is 16.5 Å². The zero-order chi connectivity index (χ0) is 23.4. The van der Waals surface area contributed by atoms with Gasteiger partial charge in [0.1, 0.15) is 17.1 Å². The van der Waals surface area contributed by atoms with Crippen molar-refractivity contribution in [2.75, 3.05) is 11.9 Å². The number of cyclic esters (lactones) is 1. The van der Waals surface area contributed by atoms with Gasteiger partial charge in [0.2, 0.25) is 0 Å². The molecule has 172 valence electrons. The van der Waals surface area contributed by atoms with Crippen LogP contribution in [-0.2, 0) is 25.0 Å². The molecule has 11 heteroatoms. The van der Waals surface area contributed by atoms with Crippen molar-refractivity contribution in [2.24, 2.45) is 5.16 Å². The molecule has 0 atom stereocenters. The summed E-state index contributed by atoms with van der Waals surface area (Å²) in [5.74, 6) is 0.762. The lowest BCUT2D eigenvalue weighted by atomic mass is 9.94. The van der Waals surface area contributed by atoms with Crippen molar-refractivity contribution in [1.29, 1.82) is 0 Å². The van der Waals surface area contributed by atoms with Crippen LogP contribution in [0.25, 0.3) is 0 Å². The van der Waals surface area contributed by atoms with Crippen molar-refractivity contribution >= 4 is 44.3 Å². The van der Waals surface area contributed by atoms with E-state index >= 15 is 0 Å². The first-order chi connectivity index (χ1) is 15.1. The first-order valence-electron chi connectivity index (χ1n) is 9.74. The van der Waals surface area contributed by atoms with Gasteiger partial charge in [-0.1, -0.05) is 21.1 Å². The van der Waals surface area contributed by atoms with Gasteiger partial charge in [0.25, 0.3) is 0 Å². The number of hydrogen-bond donors (Lipinski definition) is 1. The Morgan fingerprint density at radius 1 is 1.19 bits per heavy atom. The Bertz CT molecular complexity index is 1130. The fourth-order valence-corrected chi connectivity index (χ4v) is 3.73. The summed E-state index contributed by atoms with van der Waals surface area (Å²) in [4.78, 5) is 11.6. The van der Waals surface area contributed by atoms with Gasteiger partial charge < -0.3 is 13.7 Å². The number of halogens is 1. The first kappa shape index (κ1) is 23.9. The molecule has 0 unspecified atom stereocenters. The molecule has 1 heterocycles. The molecule has 1 aliphatic rings. The van der Waals surface area contributed by atoms with E-state index in [9.17, 15) is 13.2 Å². The van der Waals surface area contributed by atoms with E-state index in [0.29, 0.717) is 30.9 Å². The molecule has 0 saturated heterocycles. The number of unbranched alkanes of at least 4 members (excludes halogenated alkanes) is 1. The van der Waals surface area contributed by atoms with Gasteiger partial charge in [0.15, 0.2) is 0 Å². The third-order valence-corrected chi connectivity index (χ3v) is 6.06. The van der Waals surface area contributed by atoms with Gasteiger partial charge in [0.05, 0.1) is 12.3 Å². The van der Waals surface area contributed by atoms with Crippen LogP contribution >= 0.6 is 15.9 Å². The summed E-state index contributed by atoms with van der Waals surface area (Å²) >= 11 is 3.33. The number of hydrogen-bond acceptors (Lipinski definition) is 8. The summed E-state index contributed by atoms with van der Waals surface area (Å²) in [7, 11) is -4.31. The molecular formula is C21H23BrN2O7S. The average Bonchev–Trinajstić information content (AvgIpc) is 2.69. The van der Waals surface area contributed by atoms with E-state index in [-0.39, 0.29) is 5.75 Å². The number of ether oxygens (including phenoxy) is 2. The van der Waals surface area contributed by atoms with Gasteiger partial charge in [-0.25, -0.2) is 9.08 Å². The van der Waals surface area contributed by atoms with Crippen LogP contribution in [0.5, 0.6) is 11.5 Å². The van der Waals surface area contributed by atoms with Gasteiger partial charge in [-0.2, -0.15) is 0 Å². The SMILES string of the molecule is Cc1cc(OS(=O)(=O)ON=CCCCOc2ccc3c(c2)C(C)(C)OC(=O)N3)ccc1Br. The van der Waals surface area contributed by atoms with Gasteiger partial charge in [-0.3, -0.25) is 5.32 Å². The minimum atomic E-state index is -4.31. The molecule has 2 aromatic rings. The molecule has 0 radical (unpaired) electrons. The molecule has 2 aromatic carbocycles. The first-order valence-corrected chi connectivity index (χ1v) is 11.9. The number of rotatable bonds is 9. The maximum atomic E-state index is 11.8. The van der Waals surface area contributed by atoms with Gasteiger partial charge in [-0.15, -0.1) is 8.42 Å². The average molecular weight is 527 g/mol. The number of oxime groups is 1. The molecule has 9 nitrogen and oxygen atoms in total. The normalized spacial score (nSPS) is 14.9. The van der Waals surface area contributed by atoms with Crippen molar-refractivity contribution in [3.63, 3.8) is 0 Å². The Hall–Kier alpha value is -2.79. The van der Waals surface area contributed by atoms with Crippen LogP contribution < -0.4 is 14.2 Å². The third kappa shape index (κ3) is 6.36. The lowest BCUT2D eigenvalue weighted by Gasteiger charge is -2.32. The van der Waals surface area contributed by atoms with Crippen LogP contribution in [0.4, 0.5) is 10.5 Å². The van der Waals surface area contributed by atoms with E-state index in [2.05, 4.69) is 30.7 Å². The Balaban J connectivity index is 1.43. The topological polar surface area (TPSA) is 113 Å². The molecule has 32 heavy (non-hydrogen) atoms. The number of aryl methyl sites for hydroxylation is 1. The second-order valence-electron chi connectivity index (χ2n) is 7.49. The van der Waals surface area contributed by atoms with E-state index in [4.69, 9.17) is 13.7 Å². The lowest BCUT2D eigenvalue weighted by molar-refractivity contribution is 0.0418. The minimum absolute atomic E-state index is 0.132. The third-order valence-electron chi connectivity index (χ3n) is 4.51. The maximum absolute atomic E-state index is 11.8. The molecule has 0 aromatic heterocycles. The van der Waals surface area contributed by atoms with E-state index in [1.807, 2.05) is 6.07 Å². The molecule has 0 fully saturated rings. The predicted molar refractivity (Wildman–Crippen MR) is 122 cm³/mol. The van der Waals surface area contributed by atoms with Crippen molar-refractivity contribution in [1.82, 2.24) is 0 Å². The smallest absolute Gasteiger partial charge is 0.494 e. The van der Waals surface area contributed by atoms with Crippen molar-refractivity contribution in [2.45, 2.75) is 39.2 Å². The second-order valence-corrected chi connectivity index (χ2v) is 9.47. The molecule has 0 saturated carbocycles. The molecule has 0 aliphatic carbocycles. The van der Waals surface area contributed by atoms with Crippen LogP contribution in [0, 0.1) is 6.92 Å². The van der Waals surface area contributed by atoms with Crippen molar-refractivity contribution < 1.29 is 31.2 Å². The van der Waals surface area contributed by atoms with Gasteiger partial charge in [0, 0.05) is 16.3 Å². The number of amides is 1. The fraction of sp³-hybridized carbons (Fsp3) is 0.333. The lowest BCUT2D eigenvalue weighted by Crippen LogP contribution is -2.34. The summed E-state index contributed by atoms with van der Waals surface area (Å²) in [5.41, 5.74) is 1.56. The molecule has 1 N–H and O–H groups in total. The maximum Gasteiger partial charge on any atom is 0.521 e. The number of carbonyl (C=O) groups is 1. The molecule has 0 spiro atoms. The highest BCUT2D eigenvalue weighted by Crippen LogP contribution is 2.37. The highest BCUT2D eigenvalue weighted by Gasteiger charge is 2.33. The number of anilines is 1. The monoisotopic (exact) mass is 526 g/mol. The minimum Gasteiger partial charge on any atom is -0.494 e.